The third-order valence-electron chi connectivity index (χ3n) is 4.89. The molecule has 10 heteroatoms. The highest BCUT2D eigenvalue weighted by molar-refractivity contribution is 7.99. The van der Waals surface area contributed by atoms with Crippen LogP contribution in [0.5, 0.6) is 5.75 Å². The quantitative estimate of drug-likeness (QED) is 0.344. The van der Waals surface area contributed by atoms with Crippen molar-refractivity contribution in [3.63, 3.8) is 0 Å². The second kappa shape index (κ2) is 10.8. The van der Waals surface area contributed by atoms with Crippen LogP contribution in [0.25, 0.3) is 11.4 Å². The summed E-state index contributed by atoms with van der Waals surface area (Å²) in [6.07, 6.45) is 0. The van der Waals surface area contributed by atoms with Crippen LogP contribution in [0.15, 0.2) is 29.4 Å². The summed E-state index contributed by atoms with van der Waals surface area (Å²) in [6.45, 7) is 8.62. The van der Waals surface area contributed by atoms with Crippen molar-refractivity contribution in [3.05, 3.63) is 40.3 Å². The monoisotopic (exact) mass is 488 g/mol. The molecule has 0 aliphatic heterocycles. The van der Waals surface area contributed by atoms with Crippen molar-refractivity contribution in [1.82, 2.24) is 14.8 Å². The molecule has 0 aliphatic carbocycles. The molecular formula is C23H28N4O4S2. The maximum Gasteiger partial charge on any atom is 0.341 e. The minimum atomic E-state index is -0.460. The van der Waals surface area contributed by atoms with Gasteiger partial charge in [-0.2, -0.15) is 0 Å². The third-order valence-corrected chi connectivity index (χ3v) is 7.03. The largest absolute Gasteiger partial charge is 0.493 e. The first-order valence-corrected chi connectivity index (χ1v) is 12.2. The average molecular weight is 489 g/mol. The van der Waals surface area contributed by atoms with Crippen LogP contribution in [-0.4, -0.2) is 46.1 Å². The Labute approximate surface area is 201 Å². The lowest BCUT2D eigenvalue weighted by Gasteiger charge is -2.09. The first-order valence-electron chi connectivity index (χ1n) is 10.4. The topological polar surface area (TPSA) is 95.3 Å². The van der Waals surface area contributed by atoms with E-state index >= 15 is 0 Å². The van der Waals surface area contributed by atoms with Gasteiger partial charge in [-0.25, -0.2) is 4.79 Å². The number of esters is 1. The summed E-state index contributed by atoms with van der Waals surface area (Å²) in [5, 5.41) is 12.4. The van der Waals surface area contributed by atoms with Crippen molar-refractivity contribution < 1.29 is 19.1 Å². The molecule has 3 rings (SSSR count). The number of carbonyl (C=O) groups excluding carboxylic acids is 2. The number of aryl methyl sites for hydroxylation is 1. The van der Waals surface area contributed by atoms with Crippen molar-refractivity contribution >= 4 is 40.0 Å². The van der Waals surface area contributed by atoms with Crippen molar-refractivity contribution in [3.8, 4) is 17.1 Å². The Morgan fingerprint density at radius 3 is 2.52 bits per heavy atom. The summed E-state index contributed by atoms with van der Waals surface area (Å²) in [5.74, 6) is 1.41. The van der Waals surface area contributed by atoms with Gasteiger partial charge in [-0.05, 0) is 49.6 Å². The Morgan fingerprint density at radius 1 is 1.18 bits per heavy atom. The molecule has 2 aromatic heterocycles. The summed E-state index contributed by atoms with van der Waals surface area (Å²) in [4.78, 5) is 25.6. The molecule has 0 unspecified atom stereocenters. The summed E-state index contributed by atoms with van der Waals surface area (Å²) in [5.41, 5.74) is 2.12. The highest BCUT2D eigenvalue weighted by Crippen LogP contribution is 2.33. The fourth-order valence-corrected chi connectivity index (χ4v) is 4.79. The highest BCUT2D eigenvalue weighted by Gasteiger charge is 2.22. The minimum Gasteiger partial charge on any atom is -0.493 e. The molecule has 0 bridgehead atoms. The second-order valence-corrected chi connectivity index (χ2v) is 10.1. The first kappa shape index (κ1) is 24.8. The van der Waals surface area contributed by atoms with Crippen LogP contribution in [0.1, 0.15) is 34.6 Å². The van der Waals surface area contributed by atoms with Gasteiger partial charge >= 0.3 is 5.97 Å². The van der Waals surface area contributed by atoms with Gasteiger partial charge in [-0.1, -0.05) is 25.6 Å². The maximum atomic E-state index is 12.6. The van der Waals surface area contributed by atoms with Gasteiger partial charge in [0.2, 0.25) is 5.91 Å². The van der Waals surface area contributed by atoms with E-state index in [1.165, 1.54) is 30.2 Å². The van der Waals surface area contributed by atoms with E-state index in [-0.39, 0.29) is 11.7 Å². The molecule has 0 aliphatic rings. The number of thioether (sulfide) groups is 1. The Balaban J connectivity index is 1.64. The third kappa shape index (κ3) is 5.94. The van der Waals surface area contributed by atoms with Gasteiger partial charge in [0.1, 0.15) is 10.8 Å². The van der Waals surface area contributed by atoms with Crippen LogP contribution in [-0.2, 0) is 16.6 Å². The van der Waals surface area contributed by atoms with Gasteiger partial charge in [0.25, 0.3) is 0 Å². The van der Waals surface area contributed by atoms with Gasteiger partial charge < -0.3 is 19.4 Å². The van der Waals surface area contributed by atoms with Crippen molar-refractivity contribution in [1.29, 1.82) is 0 Å². The minimum absolute atomic E-state index is 0.130. The zero-order chi connectivity index (χ0) is 24.1. The molecule has 0 fully saturated rings. The number of methoxy groups -OCH3 is 1. The number of carbonyl (C=O) groups is 2. The molecule has 33 heavy (non-hydrogen) atoms. The van der Waals surface area contributed by atoms with Crippen LogP contribution < -0.4 is 10.1 Å². The van der Waals surface area contributed by atoms with E-state index in [4.69, 9.17) is 9.47 Å². The van der Waals surface area contributed by atoms with E-state index in [0.29, 0.717) is 34.1 Å². The number of rotatable bonds is 9. The highest BCUT2D eigenvalue weighted by atomic mass is 32.2. The number of benzene rings is 1. The molecule has 0 saturated carbocycles. The molecule has 1 N–H and O–H groups in total. The van der Waals surface area contributed by atoms with Crippen molar-refractivity contribution in [2.45, 2.75) is 32.9 Å². The lowest BCUT2D eigenvalue weighted by Crippen LogP contribution is -2.16. The number of nitrogens with one attached hydrogen (secondary N) is 1. The zero-order valence-corrected chi connectivity index (χ0v) is 21.2. The van der Waals surface area contributed by atoms with Crippen LogP contribution in [0.4, 0.5) is 5.00 Å². The fraction of sp³-hybridized carbons (Fsp3) is 0.391. The molecule has 8 nitrogen and oxygen atoms in total. The number of anilines is 1. The number of hydrogen-bond donors (Lipinski definition) is 1. The number of ether oxygens (including phenoxy) is 2. The lowest BCUT2D eigenvalue weighted by molar-refractivity contribution is -0.113. The molecule has 176 valence electrons. The van der Waals surface area contributed by atoms with Gasteiger partial charge in [-0.15, -0.1) is 21.5 Å². The lowest BCUT2D eigenvalue weighted by atomic mass is 10.1. The van der Waals surface area contributed by atoms with Gasteiger partial charge in [-0.3, -0.25) is 4.79 Å². The molecule has 0 atom stereocenters. The second-order valence-electron chi connectivity index (χ2n) is 7.91. The normalized spacial score (nSPS) is 11.0. The summed E-state index contributed by atoms with van der Waals surface area (Å²) in [7, 11) is 3.19. The van der Waals surface area contributed by atoms with E-state index in [9.17, 15) is 9.59 Å². The van der Waals surface area contributed by atoms with E-state index in [1.807, 2.05) is 49.7 Å². The van der Waals surface area contributed by atoms with Crippen molar-refractivity contribution in [2.75, 3.05) is 24.8 Å². The number of aromatic nitrogens is 3. The molecule has 0 spiro atoms. The zero-order valence-electron chi connectivity index (χ0n) is 19.6. The number of amides is 1. The van der Waals surface area contributed by atoms with E-state index in [2.05, 4.69) is 29.4 Å². The number of nitrogens with zero attached hydrogens (tertiary/aromatic N) is 3. The van der Waals surface area contributed by atoms with Crippen molar-refractivity contribution in [2.24, 2.45) is 13.0 Å². The maximum absolute atomic E-state index is 12.6. The predicted octanol–water partition coefficient (Wildman–Crippen LogP) is 4.71. The van der Waals surface area contributed by atoms with Crippen LogP contribution >= 0.6 is 23.1 Å². The predicted molar refractivity (Wildman–Crippen MR) is 131 cm³/mol. The van der Waals surface area contributed by atoms with E-state index < -0.39 is 5.97 Å². The Morgan fingerprint density at radius 2 is 1.88 bits per heavy atom. The smallest absolute Gasteiger partial charge is 0.341 e. The van der Waals surface area contributed by atoms with Gasteiger partial charge in [0, 0.05) is 17.5 Å². The Hall–Kier alpha value is -2.85. The van der Waals surface area contributed by atoms with Gasteiger partial charge in [0.05, 0.1) is 25.0 Å². The molecule has 0 saturated heterocycles. The first-order chi connectivity index (χ1) is 15.7. The van der Waals surface area contributed by atoms with Crippen LogP contribution in [0.2, 0.25) is 0 Å². The molecular weight excluding hydrogens is 460 g/mol. The van der Waals surface area contributed by atoms with E-state index in [1.54, 1.807) is 0 Å². The number of hydrogen-bond acceptors (Lipinski definition) is 8. The number of thiophene rings is 1. The molecule has 2 heterocycles. The SMILES string of the molecule is COC(=O)c1c(NC(=O)CSc2nnc(-c3ccc(OCC(C)C)cc3)n2C)sc(C)c1C. The fourth-order valence-electron chi connectivity index (χ4n) is 3.01. The Bertz CT molecular complexity index is 1140. The molecule has 1 aromatic carbocycles. The van der Waals surface area contributed by atoms with Crippen LogP contribution in [0.3, 0.4) is 0 Å². The average Bonchev–Trinajstić information content (AvgIpc) is 3.29. The van der Waals surface area contributed by atoms with Gasteiger partial charge in [0.15, 0.2) is 11.0 Å². The standard InChI is InChI=1S/C23H28N4O4S2/c1-13(2)11-31-17-9-7-16(8-10-17)20-25-26-23(27(20)5)32-12-18(28)24-21-19(22(29)30-6)14(3)15(4)33-21/h7-10,13H,11-12H2,1-6H3,(H,24,28). The summed E-state index contributed by atoms with van der Waals surface area (Å²) < 4.78 is 12.4. The molecule has 0 radical (unpaired) electrons. The van der Waals surface area contributed by atoms with E-state index in [0.717, 1.165) is 21.8 Å². The molecule has 1 amide bonds. The summed E-state index contributed by atoms with van der Waals surface area (Å²) in [6, 6.07) is 7.71. The molecule has 3 aromatic rings. The Kier molecular flexibility index (Phi) is 8.15. The summed E-state index contributed by atoms with van der Waals surface area (Å²) >= 11 is 2.64. The van der Waals surface area contributed by atoms with Crippen LogP contribution in [0, 0.1) is 19.8 Å².